The highest BCUT2D eigenvalue weighted by Gasteiger charge is 2.27. The van der Waals surface area contributed by atoms with Crippen molar-refractivity contribution in [1.82, 2.24) is 0 Å². The van der Waals surface area contributed by atoms with Gasteiger partial charge in [-0.25, -0.2) is 13.6 Å². The first-order chi connectivity index (χ1) is 12.0. The molecule has 0 atom stereocenters. The maximum Gasteiger partial charge on any atom is 0.411 e. The van der Waals surface area contributed by atoms with Crippen LogP contribution in [0, 0.1) is 0 Å². The largest absolute Gasteiger partial charge is 0.411 e. The van der Waals surface area contributed by atoms with E-state index in [2.05, 4.69) is 10.1 Å². The molecule has 0 aliphatic carbocycles. The first-order valence-corrected chi connectivity index (χ1v) is 8.77. The van der Waals surface area contributed by atoms with Crippen LogP contribution in [0.15, 0.2) is 53.4 Å². The van der Waals surface area contributed by atoms with Gasteiger partial charge in [-0.1, -0.05) is 18.2 Å². The van der Waals surface area contributed by atoms with Gasteiger partial charge < -0.3 is 10.1 Å². The second kappa shape index (κ2) is 7.85. The molecule has 0 saturated heterocycles. The third-order valence-electron chi connectivity index (χ3n) is 3.17. The zero-order valence-corrected chi connectivity index (χ0v) is 14.1. The van der Waals surface area contributed by atoms with Gasteiger partial charge in [0.05, 0.1) is 11.5 Å². The van der Waals surface area contributed by atoms with Crippen LogP contribution in [-0.4, -0.2) is 27.1 Å². The Labute approximate surface area is 147 Å². The van der Waals surface area contributed by atoms with Crippen LogP contribution < -0.4 is 10.5 Å². The highest BCUT2D eigenvalue weighted by Crippen LogP contribution is 2.17. The van der Waals surface area contributed by atoms with Crippen molar-refractivity contribution in [1.29, 1.82) is 0 Å². The van der Waals surface area contributed by atoms with Gasteiger partial charge >= 0.3 is 6.18 Å². The van der Waals surface area contributed by atoms with E-state index in [1.165, 1.54) is 48.5 Å². The zero-order chi connectivity index (χ0) is 19.4. The lowest BCUT2D eigenvalue weighted by Gasteiger charge is -2.09. The maximum atomic E-state index is 12.2. The number of nitrogens with two attached hydrogens (primary N) is 1. The molecule has 10 heteroatoms. The van der Waals surface area contributed by atoms with Crippen LogP contribution in [0.1, 0.15) is 15.9 Å². The third-order valence-corrected chi connectivity index (χ3v) is 4.08. The molecule has 1 amide bonds. The number of carbonyl (C=O) groups excluding carboxylic acids is 1. The topological polar surface area (TPSA) is 98.5 Å². The molecule has 0 aliphatic heterocycles. The lowest BCUT2D eigenvalue weighted by atomic mass is 10.1. The van der Waals surface area contributed by atoms with Crippen molar-refractivity contribution >= 4 is 21.6 Å². The molecular weight excluding hydrogens is 373 g/mol. The van der Waals surface area contributed by atoms with Crippen molar-refractivity contribution in [2.24, 2.45) is 5.14 Å². The second-order valence-electron chi connectivity index (χ2n) is 5.33. The van der Waals surface area contributed by atoms with E-state index in [0.717, 1.165) is 0 Å². The molecule has 6 nitrogen and oxygen atoms in total. The molecule has 140 valence electrons. The summed E-state index contributed by atoms with van der Waals surface area (Å²) < 4.78 is 63.2. The molecule has 0 radical (unpaired) electrons. The monoisotopic (exact) mass is 388 g/mol. The van der Waals surface area contributed by atoms with Crippen molar-refractivity contribution in [3.63, 3.8) is 0 Å². The van der Waals surface area contributed by atoms with Crippen LogP contribution in [0.5, 0.6) is 0 Å². The number of hydrogen-bond donors (Lipinski definition) is 2. The number of sulfonamides is 1. The Bertz CT molecular complexity index is 881. The molecule has 0 unspecified atom stereocenters. The fourth-order valence-electron chi connectivity index (χ4n) is 1.99. The quantitative estimate of drug-likeness (QED) is 0.795. The Morgan fingerprint density at radius 2 is 1.77 bits per heavy atom. The Kier molecular flexibility index (Phi) is 6.01. The fourth-order valence-corrected chi connectivity index (χ4v) is 2.55. The van der Waals surface area contributed by atoms with Crippen LogP contribution >= 0.6 is 0 Å². The number of alkyl halides is 3. The number of nitrogens with one attached hydrogen (secondary N) is 1. The fraction of sp³-hybridized carbons (Fsp3) is 0.188. The van der Waals surface area contributed by atoms with E-state index < -0.39 is 28.7 Å². The molecule has 0 saturated carbocycles. The lowest BCUT2D eigenvalue weighted by molar-refractivity contribution is -0.176. The minimum atomic E-state index is -4.40. The number of ether oxygens (including phenoxy) is 1. The average Bonchev–Trinajstić information content (AvgIpc) is 2.54. The molecule has 0 fully saturated rings. The summed E-state index contributed by atoms with van der Waals surface area (Å²) in [5, 5.41) is 7.54. The second-order valence-corrected chi connectivity index (χ2v) is 6.89. The van der Waals surface area contributed by atoms with Gasteiger partial charge in [0.25, 0.3) is 5.91 Å². The van der Waals surface area contributed by atoms with Gasteiger partial charge in [0.1, 0.15) is 6.61 Å². The highest BCUT2D eigenvalue weighted by molar-refractivity contribution is 7.89. The molecular formula is C16H15F3N2O4S. The number of amides is 1. The normalized spacial score (nSPS) is 12.0. The molecule has 0 spiro atoms. The summed E-state index contributed by atoms with van der Waals surface area (Å²) in [5.74, 6) is -0.515. The molecule has 2 aromatic rings. The summed E-state index contributed by atoms with van der Waals surface area (Å²) in [6.07, 6.45) is -4.40. The SMILES string of the molecule is NS(=O)(=O)c1cccc(NC(=O)c2ccc(COCC(F)(F)F)cc2)c1. The third kappa shape index (κ3) is 6.14. The average molecular weight is 388 g/mol. The van der Waals surface area contributed by atoms with Crippen LogP contribution in [0.3, 0.4) is 0 Å². The van der Waals surface area contributed by atoms with E-state index in [9.17, 15) is 26.4 Å². The Morgan fingerprint density at radius 1 is 1.12 bits per heavy atom. The summed E-state index contributed by atoms with van der Waals surface area (Å²) in [4.78, 5) is 12.0. The standard InChI is InChI=1S/C16H15F3N2O4S/c17-16(18,19)10-25-9-11-4-6-12(7-5-11)15(22)21-13-2-1-3-14(8-13)26(20,23)24/h1-8H,9-10H2,(H,21,22)(H2,20,23,24). The molecule has 0 aliphatic rings. The predicted molar refractivity (Wildman–Crippen MR) is 87.9 cm³/mol. The number of halogens is 3. The van der Waals surface area contributed by atoms with E-state index in [1.807, 2.05) is 0 Å². The van der Waals surface area contributed by atoms with Gasteiger partial charge in [-0.05, 0) is 35.9 Å². The minimum Gasteiger partial charge on any atom is -0.367 e. The van der Waals surface area contributed by atoms with Crippen LogP contribution in [-0.2, 0) is 21.4 Å². The molecule has 2 aromatic carbocycles. The number of hydrogen-bond acceptors (Lipinski definition) is 4. The number of primary sulfonamides is 1. The minimum absolute atomic E-state index is 0.146. The number of anilines is 1. The van der Waals surface area contributed by atoms with Gasteiger partial charge in [0.2, 0.25) is 10.0 Å². The first-order valence-electron chi connectivity index (χ1n) is 7.22. The molecule has 0 heterocycles. The van der Waals surface area contributed by atoms with E-state index in [4.69, 9.17) is 5.14 Å². The Balaban J connectivity index is 2.00. The van der Waals surface area contributed by atoms with Gasteiger partial charge in [-0.3, -0.25) is 4.79 Å². The molecule has 0 aromatic heterocycles. The highest BCUT2D eigenvalue weighted by atomic mass is 32.2. The van der Waals surface area contributed by atoms with E-state index in [0.29, 0.717) is 5.56 Å². The van der Waals surface area contributed by atoms with Gasteiger partial charge in [0, 0.05) is 11.3 Å². The predicted octanol–water partition coefficient (Wildman–Crippen LogP) is 2.67. The summed E-state index contributed by atoms with van der Waals surface area (Å²) in [7, 11) is -3.90. The maximum absolute atomic E-state index is 12.2. The van der Waals surface area contributed by atoms with Gasteiger partial charge in [-0.15, -0.1) is 0 Å². The molecule has 2 rings (SSSR count). The van der Waals surface area contributed by atoms with Crippen LogP contribution in [0.4, 0.5) is 18.9 Å². The first kappa shape index (κ1) is 19.9. The molecule has 26 heavy (non-hydrogen) atoms. The lowest BCUT2D eigenvalue weighted by Crippen LogP contribution is -2.17. The Morgan fingerprint density at radius 3 is 2.35 bits per heavy atom. The summed E-state index contributed by atoms with van der Waals surface area (Å²) in [5.41, 5.74) is 0.951. The van der Waals surface area contributed by atoms with Crippen molar-refractivity contribution in [3.05, 3.63) is 59.7 Å². The smallest absolute Gasteiger partial charge is 0.367 e. The van der Waals surface area contributed by atoms with Crippen molar-refractivity contribution < 1.29 is 31.1 Å². The number of carbonyl (C=O) groups is 1. The van der Waals surface area contributed by atoms with Crippen molar-refractivity contribution in [2.75, 3.05) is 11.9 Å². The van der Waals surface area contributed by atoms with E-state index in [-0.39, 0.29) is 22.8 Å². The van der Waals surface area contributed by atoms with Gasteiger partial charge in [0.15, 0.2) is 0 Å². The zero-order valence-electron chi connectivity index (χ0n) is 13.3. The molecule has 0 bridgehead atoms. The summed E-state index contributed by atoms with van der Waals surface area (Å²) in [6, 6.07) is 11.2. The van der Waals surface area contributed by atoms with E-state index >= 15 is 0 Å². The Hall–Kier alpha value is -2.43. The molecule has 3 N–H and O–H groups in total. The van der Waals surface area contributed by atoms with Gasteiger partial charge in [-0.2, -0.15) is 13.2 Å². The van der Waals surface area contributed by atoms with Crippen LogP contribution in [0.2, 0.25) is 0 Å². The van der Waals surface area contributed by atoms with Crippen molar-refractivity contribution in [2.45, 2.75) is 17.7 Å². The summed E-state index contributed by atoms with van der Waals surface area (Å²) in [6.45, 7) is -1.59. The number of benzene rings is 2. The summed E-state index contributed by atoms with van der Waals surface area (Å²) >= 11 is 0. The van der Waals surface area contributed by atoms with Crippen LogP contribution in [0.25, 0.3) is 0 Å². The van der Waals surface area contributed by atoms with Crippen molar-refractivity contribution in [3.8, 4) is 0 Å². The van der Waals surface area contributed by atoms with E-state index in [1.54, 1.807) is 0 Å². The number of rotatable bonds is 6.